The van der Waals surface area contributed by atoms with E-state index < -0.39 is 0 Å². The number of nitrogens with zero attached hydrogens (tertiary/aromatic N) is 3. The van der Waals surface area contributed by atoms with E-state index in [-0.39, 0.29) is 12.1 Å². The minimum absolute atomic E-state index is 0.0778. The van der Waals surface area contributed by atoms with Crippen LogP contribution in [0.4, 0.5) is 5.69 Å². The molecule has 1 saturated heterocycles. The van der Waals surface area contributed by atoms with E-state index >= 15 is 0 Å². The molecule has 1 N–H and O–H groups in total. The molecule has 0 radical (unpaired) electrons. The molecule has 0 spiro atoms. The molecule has 154 valence electrons. The highest BCUT2D eigenvalue weighted by molar-refractivity contribution is 7.80. The predicted octanol–water partition coefficient (Wildman–Crippen LogP) is 5.06. The van der Waals surface area contributed by atoms with Crippen molar-refractivity contribution in [2.45, 2.75) is 12.1 Å². The van der Waals surface area contributed by atoms with Gasteiger partial charge in [-0.05, 0) is 60.7 Å². The van der Waals surface area contributed by atoms with Crippen LogP contribution in [0.3, 0.4) is 0 Å². The standard InChI is InChI=1S/C25H22N4OS/c1-30-20-12-7-11-19(17-20)28-16-8-14-22(28)24-23(21-13-5-6-15-26-21)27-25(31)29(24)18-9-3-2-4-10-18/h2-17,23-24H,1H3,(H,27,31)/t23-,24-/m1/s1. The zero-order chi connectivity index (χ0) is 21.2. The lowest BCUT2D eigenvalue weighted by atomic mass is 10.0. The van der Waals surface area contributed by atoms with Crippen molar-refractivity contribution in [3.63, 3.8) is 0 Å². The lowest BCUT2D eigenvalue weighted by Crippen LogP contribution is -2.30. The van der Waals surface area contributed by atoms with Crippen LogP contribution in [0, 0.1) is 0 Å². The average Bonchev–Trinajstić information content (AvgIpc) is 3.44. The Kier molecular flexibility index (Phi) is 5.14. The summed E-state index contributed by atoms with van der Waals surface area (Å²) in [7, 11) is 1.68. The second-order valence-corrected chi connectivity index (χ2v) is 7.72. The highest BCUT2D eigenvalue weighted by Crippen LogP contribution is 2.42. The molecule has 5 nitrogen and oxygen atoms in total. The van der Waals surface area contributed by atoms with Gasteiger partial charge in [-0.1, -0.05) is 30.3 Å². The van der Waals surface area contributed by atoms with Crippen LogP contribution in [0.25, 0.3) is 5.69 Å². The Labute approximate surface area is 186 Å². The maximum absolute atomic E-state index is 5.81. The lowest BCUT2D eigenvalue weighted by molar-refractivity contribution is 0.414. The van der Waals surface area contributed by atoms with Gasteiger partial charge in [-0.3, -0.25) is 4.98 Å². The molecule has 1 aliphatic heterocycles. The predicted molar refractivity (Wildman–Crippen MR) is 127 cm³/mol. The number of aromatic nitrogens is 2. The first-order valence-corrected chi connectivity index (χ1v) is 10.5. The summed E-state index contributed by atoms with van der Waals surface area (Å²) in [6, 6.07) is 28.3. The van der Waals surface area contributed by atoms with Crippen LogP contribution >= 0.6 is 12.2 Å². The third-order valence-electron chi connectivity index (χ3n) is 5.55. The van der Waals surface area contributed by atoms with Gasteiger partial charge in [0.1, 0.15) is 11.8 Å². The molecule has 2 aromatic carbocycles. The number of hydrogen-bond donors (Lipinski definition) is 1. The number of pyridine rings is 1. The van der Waals surface area contributed by atoms with Gasteiger partial charge in [-0.25, -0.2) is 0 Å². The van der Waals surface area contributed by atoms with Crippen LogP contribution in [0.15, 0.2) is 97.3 Å². The first-order valence-electron chi connectivity index (χ1n) is 10.1. The quantitative estimate of drug-likeness (QED) is 0.452. The molecule has 2 atom stereocenters. The van der Waals surface area contributed by atoms with Crippen LogP contribution in [0.5, 0.6) is 5.75 Å². The Morgan fingerprint density at radius 1 is 0.903 bits per heavy atom. The average molecular weight is 427 g/mol. The van der Waals surface area contributed by atoms with Gasteiger partial charge >= 0.3 is 0 Å². The second kappa shape index (κ2) is 8.24. The molecule has 5 rings (SSSR count). The summed E-state index contributed by atoms with van der Waals surface area (Å²) in [4.78, 5) is 6.82. The summed E-state index contributed by atoms with van der Waals surface area (Å²) in [6.45, 7) is 0. The zero-order valence-corrected chi connectivity index (χ0v) is 17.9. The number of nitrogens with one attached hydrogen (secondary N) is 1. The van der Waals surface area contributed by atoms with E-state index in [1.165, 1.54) is 0 Å². The topological polar surface area (TPSA) is 42.3 Å². The number of rotatable bonds is 5. The zero-order valence-electron chi connectivity index (χ0n) is 17.1. The van der Waals surface area contributed by atoms with Gasteiger partial charge < -0.3 is 19.5 Å². The summed E-state index contributed by atoms with van der Waals surface area (Å²) < 4.78 is 7.64. The van der Waals surface area contributed by atoms with Gasteiger partial charge in [0.05, 0.1) is 18.8 Å². The Bertz CT molecular complexity index is 1190. The van der Waals surface area contributed by atoms with Crippen LogP contribution in [0.2, 0.25) is 0 Å². The maximum Gasteiger partial charge on any atom is 0.174 e. The minimum atomic E-state index is -0.0897. The largest absolute Gasteiger partial charge is 0.497 e. The van der Waals surface area contributed by atoms with E-state index in [2.05, 4.69) is 56.3 Å². The van der Waals surface area contributed by atoms with Crippen LogP contribution in [-0.4, -0.2) is 21.8 Å². The molecular formula is C25H22N4OS. The maximum atomic E-state index is 5.81. The Morgan fingerprint density at radius 2 is 1.71 bits per heavy atom. The van der Waals surface area contributed by atoms with Gasteiger partial charge in [0, 0.05) is 35.5 Å². The fraction of sp³-hybridized carbons (Fsp3) is 0.120. The summed E-state index contributed by atoms with van der Waals surface area (Å²) in [6.07, 6.45) is 3.90. The van der Waals surface area contributed by atoms with Crippen molar-refractivity contribution in [2.24, 2.45) is 0 Å². The number of anilines is 1. The smallest absolute Gasteiger partial charge is 0.174 e. The molecule has 0 bridgehead atoms. The molecule has 6 heteroatoms. The highest BCUT2D eigenvalue weighted by atomic mass is 32.1. The number of para-hydroxylation sites is 1. The molecule has 0 unspecified atom stereocenters. The van der Waals surface area contributed by atoms with Crippen molar-refractivity contribution in [1.29, 1.82) is 0 Å². The van der Waals surface area contributed by atoms with Crippen molar-refractivity contribution in [3.8, 4) is 11.4 Å². The summed E-state index contributed by atoms with van der Waals surface area (Å²) in [5, 5.41) is 4.20. The molecular weight excluding hydrogens is 404 g/mol. The molecule has 0 aliphatic carbocycles. The minimum Gasteiger partial charge on any atom is -0.497 e. The van der Waals surface area contributed by atoms with Gasteiger partial charge in [-0.15, -0.1) is 0 Å². The van der Waals surface area contributed by atoms with E-state index in [1.807, 2.05) is 60.8 Å². The van der Waals surface area contributed by atoms with E-state index in [0.29, 0.717) is 5.11 Å². The van der Waals surface area contributed by atoms with Crippen molar-refractivity contribution in [2.75, 3.05) is 12.0 Å². The number of methoxy groups -OCH3 is 1. The summed E-state index contributed by atoms with van der Waals surface area (Å²) in [5.41, 5.74) is 4.14. The Balaban J connectivity index is 1.66. The fourth-order valence-corrected chi connectivity index (χ4v) is 4.50. The van der Waals surface area contributed by atoms with E-state index in [1.54, 1.807) is 7.11 Å². The van der Waals surface area contributed by atoms with E-state index in [9.17, 15) is 0 Å². The number of hydrogen-bond acceptors (Lipinski definition) is 3. The number of ether oxygens (including phenoxy) is 1. The number of thiocarbonyl (C=S) groups is 1. The molecule has 1 aliphatic rings. The normalized spacial score (nSPS) is 18.1. The molecule has 1 fully saturated rings. The second-order valence-electron chi connectivity index (χ2n) is 7.34. The van der Waals surface area contributed by atoms with Crippen molar-refractivity contribution in [1.82, 2.24) is 14.9 Å². The Morgan fingerprint density at radius 3 is 2.48 bits per heavy atom. The molecule has 2 aromatic heterocycles. The molecule has 3 heterocycles. The van der Waals surface area contributed by atoms with Gasteiger partial charge in [0.25, 0.3) is 0 Å². The van der Waals surface area contributed by atoms with Crippen molar-refractivity contribution < 1.29 is 4.74 Å². The molecule has 4 aromatic rings. The van der Waals surface area contributed by atoms with Gasteiger partial charge in [-0.2, -0.15) is 0 Å². The lowest BCUT2D eigenvalue weighted by Gasteiger charge is -2.29. The van der Waals surface area contributed by atoms with Gasteiger partial charge in [0.15, 0.2) is 5.11 Å². The third-order valence-corrected chi connectivity index (χ3v) is 5.86. The molecule has 0 amide bonds. The fourth-order valence-electron chi connectivity index (χ4n) is 4.15. The molecule has 31 heavy (non-hydrogen) atoms. The SMILES string of the molecule is COc1cccc(-n2cccc2[C@@H]2[C@@H](c3ccccn3)NC(=S)N2c2ccccc2)c1. The number of benzene rings is 2. The van der Waals surface area contributed by atoms with E-state index in [0.717, 1.165) is 28.5 Å². The Hall–Kier alpha value is -3.64. The molecule has 0 saturated carbocycles. The van der Waals surface area contributed by atoms with Crippen LogP contribution < -0.4 is 15.0 Å². The summed E-state index contributed by atoms with van der Waals surface area (Å²) in [5.74, 6) is 0.818. The first-order chi connectivity index (χ1) is 15.3. The third kappa shape index (κ3) is 3.55. The summed E-state index contributed by atoms with van der Waals surface area (Å²) >= 11 is 5.81. The monoisotopic (exact) mass is 426 g/mol. The van der Waals surface area contributed by atoms with E-state index in [4.69, 9.17) is 17.0 Å². The van der Waals surface area contributed by atoms with Crippen molar-refractivity contribution in [3.05, 3.63) is 109 Å². The first kappa shape index (κ1) is 19.3. The van der Waals surface area contributed by atoms with Crippen LogP contribution in [0.1, 0.15) is 23.5 Å². The van der Waals surface area contributed by atoms with Crippen LogP contribution in [-0.2, 0) is 0 Å². The van der Waals surface area contributed by atoms with Crippen molar-refractivity contribution >= 4 is 23.0 Å². The highest BCUT2D eigenvalue weighted by Gasteiger charge is 2.42. The van der Waals surface area contributed by atoms with Gasteiger partial charge in [0.2, 0.25) is 0 Å².